The number of nitrogens with one attached hydrogen (secondary N) is 1. The van der Waals surface area contributed by atoms with Crippen LogP contribution in [0.5, 0.6) is 0 Å². The first-order valence-corrected chi connectivity index (χ1v) is 5.21. The first-order valence-electron chi connectivity index (χ1n) is 5.21. The maximum absolute atomic E-state index is 8.87. The summed E-state index contributed by atoms with van der Waals surface area (Å²) in [6.07, 6.45) is 3.25. The van der Waals surface area contributed by atoms with Crippen LogP contribution in [0.15, 0.2) is 36.7 Å². The lowest BCUT2D eigenvalue weighted by Gasteiger charge is -2.04. The van der Waals surface area contributed by atoms with E-state index in [4.69, 9.17) is 5.26 Å². The molecule has 2 rings (SSSR count). The molecule has 0 atom stereocenters. The Morgan fingerprint density at radius 2 is 2.06 bits per heavy atom. The highest BCUT2D eigenvalue weighted by Gasteiger charge is 2.01. The first kappa shape index (κ1) is 11.2. The van der Waals surface area contributed by atoms with Crippen molar-refractivity contribution >= 4 is 0 Å². The average Bonchev–Trinajstić information content (AvgIpc) is 2.40. The summed E-state index contributed by atoms with van der Waals surface area (Å²) in [6.45, 7) is 1.21. The van der Waals surface area contributed by atoms with Gasteiger partial charge in [0.25, 0.3) is 0 Å². The summed E-state index contributed by atoms with van der Waals surface area (Å²) >= 11 is 0. The van der Waals surface area contributed by atoms with Crippen molar-refractivity contribution in [2.24, 2.45) is 0 Å². The molecule has 2 heterocycles. The maximum Gasteiger partial charge on any atom is 0.144 e. The van der Waals surface area contributed by atoms with Gasteiger partial charge in [0.2, 0.25) is 0 Å². The van der Waals surface area contributed by atoms with Crippen LogP contribution in [0.1, 0.15) is 17.0 Å². The third-order valence-electron chi connectivity index (χ3n) is 2.25. The molecule has 84 valence electrons. The van der Waals surface area contributed by atoms with Crippen LogP contribution < -0.4 is 5.32 Å². The first-order chi connectivity index (χ1) is 8.40. The highest BCUT2D eigenvalue weighted by atomic mass is 15.1. The van der Waals surface area contributed by atoms with Crippen LogP contribution >= 0.6 is 0 Å². The highest BCUT2D eigenvalue weighted by molar-refractivity contribution is 5.30. The molecule has 0 saturated heterocycles. The molecule has 0 unspecified atom stereocenters. The van der Waals surface area contributed by atoms with Gasteiger partial charge in [0.15, 0.2) is 0 Å². The van der Waals surface area contributed by atoms with Crippen molar-refractivity contribution in [3.05, 3.63) is 53.6 Å². The standard InChI is InChI=1S/C12H11N5/c13-7-12-10(3-1-5-15-12)8-14-9-11-4-2-6-16-17-11/h1-6,14H,8-9H2. The fourth-order valence-corrected chi connectivity index (χ4v) is 1.43. The maximum atomic E-state index is 8.87. The minimum Gasteiger partial charge on any atom is -0.307 e. The van der Waals surface area contributed by atoms with E-state index in [9.17, 15) is 0 Å². The summed E-state index contributed by atoms with van der Waals surface area (Å²) in [4.78, 5) is 3.99. The summed E-state index contributed by atoms with van der Waals surface area (Å²) in [5.74, 6) is 0. The van der Waals surface area contributed by atoms with Gasteiger partial charge in [0, 0.05) is 31.0 Å². The predicted octanol–water partition coefficient (Wildman–Crippen LogP) is 1.03. The SMILES string of the molecule is N#Cc1ncccc1CNCc1cccnn1. The second-order valence-electron chi connectivity index (χ2n) is 3.44. The van der Waals surface area contributed by atoms with Gasteiger partial charge in [0.05, 0.1) is 5.69 Å². The van der Waals surface area contributed by atoms with E-state index in [1.165, 1.54) is 0 Å². The van der Waals surface area contributed by atoms with Gasteiger partial charge < -0.3 is 5.32 Å². The zero-order valence-corrected chi connectivity index (χ0v) is 9.17. The topological polar surface area (TPSA) is 74.5 Å². The van der Waals surface area contributed by atoms with Gasteiger partial charge in [-0.3, -0.25) is 0 Å². The summed E-state index contributed by atoms with van der Waals surface area (Å²) in [5.41, 5.74) is 2.22. The third-order valence-corrected chi connectivity index (χ3v) is 2.25. The van der Waals surface area contributed by atoms with Gasteiger partial charge in [-0.1, -0.05) is 6.07 Å². The largest absolute Gasteiger partial charge is 0.307 e. The van der Waals surface area contributed by atoms with Crippen molar-refractivity contribution in [2.75, 3.05) is 0 Å². The zero-order valence-electron chi connectivity index (χ0n) is 9.17. The number of hydrogen-bond acceptors (Lipinski definition) is 5. The second-order valence-corrected chi connectivity index (χ2v) is 3.44. The molecule has 0 aliphatic heterocycles. The number of hydrogen-bond donors (Lipinski definition) is 1. The van der Waals surface area contributed by atoms with Gasteiger partial charge >= 0.3 is 0 Å². The van der Waals surface area contributed by atoms with E-state index in [0.29, 0.717) is 18.8 Å². The second kappa shape index (κ2) is 5.68. The minimum atomic E-state index is 0.458. The van der Waals surface area contributed by atoms with Crippen molar-refractivity contribution in [3.8, 4) is 6.07 Å². The van der Waals surface area contributed by atoms with E-state index < -0.39 is 0 Å². The normalized spacial score (nSPS) is 9.82. The molecule has 1 N–H and O–H groups in total. The zero-order chi connectivity index (χ0) is 11.9. The van der Waals surface area contributed by atoms with Crippen molar-refractivity contribution < 1.29 is 0 Å². The van der Waals surface area contributed by atoms with Crippen molar-refractivity contribution in [2.45, 2.75) is 13.1 Å². The molecule has 0 spiro atoms. The van der Waals surface area contributed by atoms with Gasteiger partial charge in [-0.05, 0) is 18.2 Å². The molecule has 2 aromatic rings. The molecule has 17 heavy (non-hydrogen) atoms. The van der Waals surface area contributed by atoms with Crippen LogP contribution in [0, 0.1) is 11.3 Å². The molecular formula is C12H11N5. The Balaban J connectivity index is 1.93. The van der Waals surface area contributed by atoms with E-state index in [0.717, 1.165) is 11.3 Å². The Hall–Kier alpha value is -2.32. The predicted molar refractivity (Wildman–Crippen MR) is 61.5 cm³/mol. The van der Waals surface area contributed by atoms with E-state index >= 15 is 0 Å². The van der Waals surface area contributed by atoms with Gasteiger partial charge in [0.1, 0.15) is 11.8 Å². The highest BCUT2D eigenvalue weighted by Crippen LogP contribution is 2.03. The fraction of sp³-hybridized carbons (Fsp3) is 0.167. The Morgan fingerprint density at radius 3 is 2.82 bits per heavy atom. The van der Waals surface area contributed by atoms with E-state index in [2.05, 4.69) is 26.6 Å². The molecular weight excluding hydrogens is 214 g/mol. The number of rotatable bonds is 4. The van der Waals surface area contributed by atoms with Crippen LogP contribution in [-0.2, 0) is 13.1 Å². The summed E-state index contributed by atoms with van der Waals surface area (Å²) < 4.78 is 0. The molecule has 5 heteroatoms. The smallest absolute Gasteiger partial charge is 0.144 e. The lowest BCUT2D eigenvalue weighted by atomic mass is 10.2. The number of aromatic nitrogens is 3. The number of nitrogens with zero attached hydrogens (tertiary/aromatic N) is 4. The fourth-order valence-electron chi connectivity index (χ4n) is 1.43. The molecule has 0 bridgehead atoms. The van der Waals surface area contributed by atoms with Gasteiger partial charge in [-0.25, -0.2) is 4.98 Å². The minimum absolute atomic E-state index is 0.458. The number of nitriles is 1. The molecule has 2 aromatic heterocycles. The van der Waals surface area contributed by atoms with Crippen LogP contribution in [0.3, 0.4) is 0 Å². The summed E-state index contributed by atoms with van der Waals surface area (Å²) in [5, 5.41) is 19.8. The van der Waals surface area contributed by atoms with Crippen LogP contribution in [0.2, 0.25) is 0 Å². The van der Waals surface area contributed by atoms with Crippen LogP contribution in [0.25, 0.3) is 0 Å². The summed E-state index contributed by atoms with van der Waals surface area (Å²) in [6, 6.07) is 9.51. The Bertz CT molecular complexity index is 518. The molecule has 0 amide bonds. The lowest BCUT2D eigenvalue weighted by Crippen LogP contribution is -2.15. The average molecular weight is 225 g/mol. The van der Waals surface area contributed by atoms with E-state index in [1.807, 2.05) is 24.3 Å². The van der Waals surface area contributed by atoms with Crippen molar-refractivity contribution in [1.82, 2.24) is 20.5 Å². The molecule has 0 radical (unpaired) electrons. The Kier molecular flexibility index (Phi) is 3.73. The van der Waals surface area contributed by atoms with Crippen molar-refractivity contribution in [3.63, 3.8) is 0 Å². The van der Waals surface area contributed by atoms with Crippen molar-refractivity contribution in [1.29, 1.82) is 5.26 Å². The van der Waals surface area contributed by atoms with E-state index in [1.54, 1.807) is 12.4 Å². The molecule has 0 aromatic carbocycles. The van der Waals surface area contributed by atoms with Crippen LogP contribution in [0.4, 0.5) is 0 Å². The quantitative estimate of drug-likeness (QED) is 0.841. The third kappa shape index (κ3) is 3.06. The van der Waals surface area contributed by atoms with Crippen LogP contribution in [-0.4, -0.2) is 15.2 Å². The lowest BCUT2D eigenvalue weighted by molar-refractivity contribution is 0.667. The Labute approximate surface area is 99.2 Å². The molecule has 0 aliphatic carbocycles. The number of pyridine rings is 1. The Morgan fingerprint density at radius 1 is 1.18 bits per heavy atom. The molecule has 0 saturated carbocycles. The summed E-state index contributed by atoms with van der Waals surface area (Å²) in [7, 11) is 0. The molecule has 0 aliphatic rings. The van der Waals surface area contributed by atoms with Gasteiger partial charge in [-0.15, -0.1) is 0 Å². The molecule has 5 nitrogen and oxygen atoms in total. The monoisotopic (exact) mass is 225 g/mol. The molecule has 0 fully saturated rings. The van der Waals surface area contributed by atoms with Gasteiger partial charge in [-0.2, -0.15) is 15.5 Å². The van der Waals surface area contributed by atoms with E-state index in [-0.39, 0.29) is 0 Å².